The van der Waals surface area contributed by atoms with Crippen molar-refractivity contribution in [3.63, 3.8) is 0 Å². The van der Waals surface area contributed by atoms with Crippen LogP contribution in [0.1, 0.15) is 25.3 Å². The molecule has 1 aromatic rings. The van der Waals surface area contributed by atoms with E-state index in [1.807, 2.05) is 24.3 Å². The van der Waals surface area contributed by atoms with Gasteiger partial charge in [-0.05, 0) is 30.4 Å². The standard InChI is InChI=1S/C12H12BrNO/c1-9-6-12(7-9,14-8-15)10-4-2-3-5-11(10)13/h2-5,9H,6-7H2,1H3. The summed E-state index contributed by atoms with van der Waals surface area (Å²) in [6.45, 7) is 2.18. The summed E-state index contributed by atoms with van der Waals surface area (Å²) >= 11 is 3.51. The van der Waals surface area contributed by atoms with Crippen LogP contribution in [-0.2, 0) is 10.3 Å². The van der Waals surface area contributed by atoms with E-state index in [-0.39, 0.29) is 5.54 Å². The highest BCUT2D eigenvalue weighted by Crippen LogP contribution is 2.50. The molecule has 15 heavy (non-hydrogen) atoms. The molecule has 0 bridgehead atoms. The lowest BCUT2D eigenvalue weighted by atomic mass is 9.66. The van der Waals surface area contributed by atoms with E-state index < -0.39 is 0 Å². The number of halogens is 1. The molecule has 1 aliphatic rings. The lowest BCUT2D eigenvalue weighted by Crippen LogP contribution is -2.38. The van der Waals surface area contributed by atoms with E-state index in [1.165, 1.54) is 0 Å². The van der Waals surface area contributed by atoms with Crippen molar-refractivity contribution in [3.05, 3.63) is 34.3 Å². The summed E-state index contributed by atoms with van der Waals surface area (Å²) < 4.78 is 1.02. The predicted octanol–water partition coefficient (Wildman–Crippen LogP) is 3.41. The van der Waals surface area contributed by atoms with Crippen molar-refractivity contribution < 1.29 is 4.79 Å². The van der Waals surface area contributed by atoms with Crippen LogP contribution in [0.3, 0.4) is 0 Å². The monoisotopic (exact) mass is 265 g/mol. The molecule has 0 aromatic heterocycles. The third kappa shape index (κ3) is 1.77. The van der Waals surface area contributed by atoms with Crippen LogP contribution in [0, 0.1) is 5.92 Å². The minimum absolute atomic E-state index is 0.318. The molecule has 0 amide bonds. The number of aliphatic imine (C=N–C) groups is 1. The average Bonchev–Trinajstić information content (AvgIpc) is 2.16. The summed E-state index contributed by atoms with van der Waals surface area (Å²) in [5.41, 5.74) is 0.785. The molecule has 1 aromatic carbocycles. The van der Waals surface area contributed by atoms with Crippen molar-refractivity contribution in [1.82, 2.24) is 0 Å². The fourth-order valence-electron chi connectivity index (χ4n) is 2.39. The van der Waals surface area contributed by atoms with E-state index in [0.29, 0.717) is 5.92 Å². The molecule has 0 atom stereocenters. The molecule has 0 spiro atoms. The first-order valence-corrected chi connectivity index (χ1v) is 5.81. The smallest absolute Gasteiger partial charge is 0.211 e. The Morgan fingerprint density at radius 2 is 2.13 bits per heavy atom. The molecule has 1 fully saturated rings. The van der Waals surface area contributed by atoms with Crippen molar-refractivity contribution in [2.75, 3.05) is 0 Å². The van der Waals surface area contributed by atoms with Gasteiger partial charge in [0.1, 0.15) is 0 Å². The number of isocyanates is 1. The molecule has 0 N–H and O–H groups in total. The van der Waals surface area contributed by atoms with Crippen molar-refractivity contribution in [2.24, 2.45) is 10.9 Å². The van der Waals surface area contributed by atoms with Gasteiger partial charge in [0.2, 0.25) is 6.08 Å². The van der Waals surface area contributed by atoms with Crippen LogP contribution >= 0.6 is 15.9 Å². The van der Waals surface area contributed by atoms with Gasteiger partial charge in [0, 0.05) is 4.47 Å². The van der Waals surface area contributed by atoms with Gasteiger partial charge in [-0.25, -0.2) is 4.79 Å². The Morgan fingerprint density at radius 3 is 2.67 bits per heavy atom. The highest BCUT2D eigenvalue weighted by molar-refractivity contribution is 9.10. The number of benzene rings is 1. The topological polar surface area (TPSA) is 29.4 Å². The van der Waals surface area contributed by atoms with E-state index in [1.54, 1.807) is 6.08 Å². The Kier molecular flexibility index (Phi) is 2.76. The normalized spacial score (nSPS) is 29.1. The van der Waals surface area contributed by atoms with Crippen LogP contribution in [0.4, 0.5) is 0 Å². The molecule has 2 nitrogen and oxygen atoms in total. The van der Waals surface area contributed by atoms with E-state index in [4.69, 9.17) is 0 Å². The molecule has 1 aliphatic carbocycles. The maximum absolute atomic E-state index is 10.5. The van der Waals surface area contributed by atoms with Gasteiger partial charge in [0.15, 0.2) is 0 Å². The first-order chi connectivity index (χ1) is 7.18. The maximum atomic E-state index is 10.5. The highest BCUT2D eigenvalue weighted by Gasteiger charge is 2.44. The van der Waals surface area contributed by atoms with Gasteiger partial charge < -0.3 is 0 Å². The van der Waals surface area contributed by atoms with Crippen LogP contribution in [0.15, 0.2) is 33.7 Å². The molecular weight excluding hydrogens is 254 g/mol. The summed E-state index contributed by atoms with van der Waals surface area (Å²) in [6, 6.07) is 7.95. The quantitative estimate of drug-likeness (QED) is 0.595. The van der Waals surface area contributed by atoms with E-state index >= 15 is 0 Å². The van der Waals surface area contributed by atoms with Gasteiger partial charge in [-0.1, -0.05) is 41.1 Å². The first-order valence-electron chi connectivity index (χ1n) is 5.02. The molecule has 0 aliphatic heterocycles. The van der Waals surface area contributed by atoms with Gasteiger partial charge in [-0.15, -0.1) is 0 Å². The molecule has 2 rings (SSSR count). The molecule has 3 heteroatoms. The number of hydrogen-bond acceptors (Lipinski definition) is 2. The van der Waals surface area contributed by atoms with Crippen LogP contribution in [0.25, 0.3) is 0 Å². The minimum Gasteiger partial charge on any atom is -0.211 e. The minimum atomic E-state index is -0.318. The van der Waals surface area contributed by atoms with E-state index in [2.05, 4.69) is 27.8 Å². The molecular formula is C12H12BrNO. The average molecular weight is 266 g/mol. The summed E-state index contributed by atoms with van der Waals surface area (Å²) in [5, 5.41) is 0. The van der Waals surface area contributed by atoms with Gasteiger partial charge >= 0.3 is 0 Å². The molecule has 0 saturated heterocycles. The Labute approximate surface area is 97.5 Å². The van der Waals surface area contributed by atoms with E-state index in [0.717, 1.165) is 22.9 Å². The highest BCUT2D eigenvalue weighted by atomic mass is 79.9. The molecule has 0 radical (unpaired) electrons. The Hall–Kier alpha value is -0.920. The summed E-state index contributed by atoms with van der Waals surface area (Å²) in [4.78, 5) is 14.5. The molecule has 0 heterocycles. The molecule has 78 valence electrons. The summed E-state index contributed by atoms with van der Waals surface area (Å²) in [5.74, 6) is 0.634. The molecule has 1 saturated carbocycles. The lowest BCUT2D eigenvalue weighted by molar-refractivity contribution is 0.165. The summed E-state index contributed by atoms with van der Waals surface area (Å²) in [7, 11) is 0. The zero-order valence-electron chi connectivity index (χ0n) is 8.53. The van der Waals surface area contributed by atoms with Crippen LogP contribution in [0.2, 0.25) is 0 Å². The van der Waals surface area contributed by atoms with Crippen molar-refractivity contribution in [1.29, 1.82) is 0 Å². The zero-order chi connectivity index (χ0) is 10.9. The SMILES string of the molecule is CC1CC(N=C=O)(c2ccccc2Br)C1. The largest absolute Gasteiger partial charge is 0.235 e. The van der Waals surface area contributed by atoms with Gasteiger partial charge in [-0.2, -0.15) is 4.99 Å². The van der Waals surface area contributed by atoms with Crippen molar-refractivity contribution in [3.8, 4) is 0 Å². The first kappa shape index (κ1) is 10.6. The number of rotatable bonds is 2. The van der Waals surface area contributed by atoms with Crippen molar-refractivity contribution >= 4 is 22.0 Å². The number of nitrogens with zero attached hydrogens (tertiary/aromatic N) is 1. The fraction of sp³-hybridized carbons (Fsp3) is 0.417. The van der Waals surface area contributed by atoms with Gasteiger partial charge in [0.05, 0.1) is 5.54 Å². The third-order valence-electron chi connectivity index (χ3n) is 3.01. The van der Waals surface area contributed by atoms with Crippen LogP contribution in [-0.4, -0.2) is 6.08 Å². The van der Waals surface area contributed by atoms with Gasteiger partial charge in [-0.3, -0.25) is 0 Å². The van der Waals surface area contributed by atoms with E-state index in [9.17, 15) is 4.79 Å². The Balaban J connectivity index is 2.43. The summed E-state index contributed by atoms with van der Waals surface area (Å²) in [6.07, 6.45) is 3.58. The zero-order valence-corrected chi connectivity index (χ0v) is 10.1. The molecule has 0 unspecified atom stereocenters. The van der Waals surface area contributed by atoms with Crippen molar-refractivity contribution in [2.45, 2.75) is 25.3 Å². The lowest BCUT2D eigenvalue weighted by Gasteiger charge is -2.42. The number of hydrogen-bond donors (Lipinski definition) is 0. The second kappa shape index (κ2) is 3.92. The van der Waals surface area contributed by atoms with Gasteiger partial charge in [0.25, 0.3) is 0 Å². The number of carbonyl (C=O) groups excluding carboxylic acids is 1. The third-order valence-corrected chi connectivity index (χ3v) is 3.70. The van der Waals surface area contributed by atoms with Crippen LogP contribution < -0.4 is 0 Å². The maximum Gasteiger partial charge on any atom is 0.235 e. The second-order valence-electron chi connectivity index (χ2n) is 4.23. The Morgan fingerprint density at radius 1 is 1.47 bits per heavy atom. The fourth-order valence-corrected chi connectivity index (χ4v) is 3.04. The second-order valence-corrected chi connectivity index (χ2v) is 5.08. The van der Waals surface area contributed by atoms with Crippen LogP contribution in [0.5, 0.6) is 0 Å². The predicted molar refractivity (Wildman–Crippen MR) is 62.3 cm³/mol. The Bertz CT molecular complexity index is 417.